The fourth-order valence-electron chi connectivity index (χ4n) is 1.18. The van der Waals surface area contributed by atoms with Crippen molar-refractivity contribution in [2.75, 3.05) is 5.32 Å². The number of hydrogen-bond acceptors (Lipinski definition) is 3. The lowest BCUT2D eigenvalue weighted by Gasteiger charge is -2.02. The van der Waals surface area contributed by atoms with Crippen LogP contribution in [0.3, 0.4) is 0 Å². The molecule has 0 aliphatic heterocycles. The Kier molecular flexibility index (Phi) is 2.39. The minimum absolute atomic E-state index is 0.0160. The molecule has 3 N–H and O–H groups in total. The number of carbonyl (C=O) groups excluding carboxylic acids is 1. The maximum atomic E-state index is 11.4. The molecule has 1 aliphatic carbocycles. The highest BCUT2D eigenvalue weighted by Crippen LogP contribution is 2.28. The minimum atomic E-state index is -0.0627. The van der Waals surface area contributed by atoms with Crippen molar-refractivity contribution < 1.29 is 4.79 Å². The molecule has 0 aromatic carbocycles. The number of nitrogens with one attached hydrogen (secondary N) is 1. The molecule has 0 saturated heterocycles. The summed E-state index contributed by atoms with van der Waals surface area (Å²) in [5.74, 6) is 0.401. The van der Waals surface area contributed by atoms with Gasteiger partial charge in [0.1, 0.15) is 5.82 Å². The van der Waals surface area contributed by atoms with Gasteiger partial charge in [-0.25, -0.2) is 4.98 Å². The largest absolute Gasteiger partial charge is 0.327 e. The van der Waals surface area contributed by atoms with Gasteiger partial charge in [0.25, 0.3) is 0 Å². The maximum Gasteiger partial charge on any atom is 0.230 e. The number of pyridine rings is 1. The Morgan fingerprint density at radius 1 is 1.64 bits per heavy atom. The van der Waals surface area contributed by atoms with Crippen LogP contribution in [0.25, 0.3) is 0 Å². The topological polar surface area (TPSA) is 68.0 Å². The predicted octanol–water partition coefficient (Wildman–Crippen LogP) is 1.02. The molecule has 1 fully saturated rings. The molecule has 14 heavy (non-hydrogen) atoms. The third-order valence-electron chi connectivity index (χ3n) is 2.16. The van der Waals surface area contributed by atoms with E-state index in [9.17, 15) is 4.79 Å². The van der Waals surface area contributed by atoms with Crippen molar-refractivity contribution in [3.05, 3.63) is 23.4 Å². The summed E-state index contributed by atoms with van der Waals surface area (Å²) in [7, 11) is 0. The second-order valence-electron chi connectivity index (χ2n) is 3.36. The zero-order valence-electron chi connectivity index (χ0n) is 7.40. The van der Waals surface area contributed by atoms with E-state index in [1.807, 2.05) is 0 Å². The zero-order chi connectivity index (χ0) is 10.1. The summed E-state index contributed by atoms with van der Waals surface area (Å²) < 4.78 is 0. The van der Waals surface area contributed by atoms with Crippen molar-refractivity contribution >= 4 is 23.3 Å². The molecule has 5 heteroatoms. The Balaban J connectivity index is 1.97. The van der Waals surface area contributed by atoms with Crippen LogP contribution in [-0.2, 0) is 4.79 Å². The molecular formula is C9H10ClN3O. The third-order valence-corrected chi connectivity index (χ3v) is 2.38. The van der Waals surface area contributed by atoms with Gasteiger partial charge >= 0.3 is 0 Å². The van der Waals surface area contributed by atoms with Crippen LogP contribution in [0.2, 0.25) is 5.02 Å². The molecular weight excluding hydrogens is 202 g/mol. The fraction of sp³-hybridized carbons (Fsp3) is 0.333. The Bertz CT molecular complexity index is 352. The number of nitrogens with two attached hydrogens (primary N) is 1. The Morgan fingerprint density at radius 3 is 2.86 bits per heavy atom. The van der Waals surface area contributed by atoms with Gasteiger partial charge in [0.15, 0.2) is 0 Å². The van der Waals surface area contributed by atoms with Crippen LogP contribution in [0, 0.1) is 5.92 Å². The molecule has 1 aromatic rings. The molecule has 1 saturated carbocycles. The van der Waals surface area contributed by atoms with Crippen LogP contribution in [0.4, 0.5) is 5.82 Å². The van der Waals surface area contributed by atoms with E-state index in [1.165, 1.54) is 6.20 Å². The number of aromatic nitrogens is 1. The second-order valence-corrected chi connectivity index (χ2v) is 3.79. The van der Waals surface area contributed by atoms with Gasteiger partial charge in [0, 0.05) is 12.2 Å². The molecule has 2 rings (SSSR count). The average molecular weight is 212 g/mol. The fourth-order valence-corrected chi connectivity index (χ4v) is 1.30. The average Bonchev–Trinajstić information content (AvgIpc) is 2.87. The highest BCUT2D eigenvalue weighted by atomic mass is 35.5. The van der Waals surface area contributed by atoms with Gasteiger partial charge in [0.05, 0.1) is 10.9 Å². The lowest BCUT2D eigenvalue weighted by atomic mass is 10.3. The number of carbonyl (C=O) groups is 1. The summed E-state index contributed by atoms with van der Waals surface area (Å²) in [6.45, 7) is 0. The smallest absolute Gasteiger partial charge is 0.230 e. The Morgan fingerprint density at radius 2 is 2.36 bits per heavy atom. The third kappa shape index (κ3) is 2.02. The monoisotopic (exact) mass is 211 g/mol. The van der Waals surface area contributed by atoms with E-state index in [2.05, 4.69) is 10.3 Å². The first kappa shape index (κ1) is 9.43. The second kappa shape index (κ2) is 3.55. The van der Waals surface area contributed by atoms with Crippen LogP contribution in [-0.4, -0.2) is 16.9 Å². The van der Waals surface area contributed by atoms with Crippen LogP contribution < -0.4 is 11.1 Å². The number of nitrogens with zero attached hydrogens (tertiary/aromatic N) is 1. The zero-order valence-corrected chi connectivity index (χ0v) is 8.16. The number of amides is 1. The van der Waals surface area contributed by atoms with Crippen molar-refractivity contribution in [2.24, 2.45) is 11.7 Å². The van der Waals surface area contributed by atoms with Gasteiger partial charge in [-0.1, -0.05) is 11.6 Å². The van der Waals surface area contributed by atoms with Crippen molar-refractivity contribution in [2.45, 2.75) is 12.5 Å². The Labute approximate surface area is 86.5 Å². The van der Waals surface area contributed by atoms with E-state index >= 15 is 0 Å². The maximum absolute atomic E-state index is 11.4. The first-order valence-electron chi connectivity index (χ1n) is 4.35. The van der Waals surface area contributed by atoms with Crippen LogP contribution in [0.15, 0.2) is 18.3 Å². The standard InChI is InChI=1S/C9H10ClN3O/c10-5-1-2-8(12-4-5)13-9(14)6-3-7(6)11/h1-2,4,6-7H,3,11H2,(H,12,13,14). The lowest BCUT2D eigenvalue weighted by Crippen LogP contribution is -2.19. The molecule has 74 valence electrons. The SMILES string of the molecule is NC1CC1C(=O)Nc1ccc(Cl)cn1. The summed E-state index contributed by atoms with van der Waals surface area (Å²) in [5.41, 5.74) is 5.54. The van der Waals surface area contributed by atoms with E-state index in [-0.39, 0.29) is 17.9 Å². The minimum Gasteiger partial charge on any atom is -0.327 e. The molecule has 0 radical (unpaired) electrons. The summed E-state index contributed by atoms with van der Waals surface area (Å²) in [6.07, 6.45) is 2.25. The highest BCUT2D eigenvalue weighted by Gasteiger charge is 2.40. The molecule has 2 unspecified atom stereocenters. The van der Waals surface area contributed by atoms with Gasteiger partial charge in [-0.15, -0.1) is 0 Å². The number of anilines is 1. The van der Waals surface area contributed by atoms with Crippen LogP contribution in [0.5, 0.6) is 0 Å². The molecule has 0 bridgehead atoms. The normalized spacial score (nSPS) is 24.4. The van der Waals surface area contributed by atoms with Gasteiger partial charge in [0.2, 0.25) is 5.91 Å². The summed E-state index contributed by atoms with van der Waals surface area (Å²) in [4.78, 5) is 15.4. The van der Waals surface area contributed by atoms with Gasteiger partial charge in [-0.05, 0) is 18.6 Å². The number of hydrogen-bond donors (Lipinski definition) is 2. The molecule has 1 aromatic heterocycles. The molecule has 2 atom stereocenters. The van der Waals surface area contributed by atoms with E-state index in [1.54, 1.807) is 12.1 Å². The molecule has 1 amide bonds. The first-order chi connectivity index (χ1) is 6.66. The predicted molar refractivity (Wildman–Crippen MR) is 54.0 cm³/mol. The van der Waals surface area contributed by atoms with E-state index in [0.29, 0.717) is 10.8 Å². The van der Waals surface area contributed by atoms with E-state index in [4.69, 9.17) is 17.3 Å². The molecule has 1 heterocycles. The molecule has 0 spiro atoms. The summed E-state index contributed by atoms with van der Waals surface area (Å²) in [6, 6.07) is 3.35. The van der Waals surface area contributed by atoms with E-state index < -0.39 is 0 Å². The quantitative estimate of drug-likeness (QED) is 0.768. The first-order valence-corrected chi connectivity index (χ1v) is 4.72. The molecule has 1 aliphatic rings. The van der Waals surface area contributed by atoms with Crippen molar-refractivity contribution in [1.29, 1.82) is 0 Å². The van der Waals surface area contributed by atoms with Gasteiger partial charge in [-0.3, -0.25) is 4.79 Å². The van der Waals surface area contributed by atoms with Crippen molar-refractivity contribution in [1.82, 2.24) is 4.98 Å². The number of rotatable bonds is 2. The van der Waals surface area contributed by atoms with Crippen molar-refractivity contribution in [3.63, 3.8) is 0 Å². The highest BCUT2D eigenvalue weighted by molar-refractivity contribution is 6.30. The number of halogens is 1. The van der Waals surface area contributed by atoms with Gasteiger partial charge in [-0.2, -0.15) is 0 Å². The Hall–Kier alpha value is -1.13. The van der Waals surface area contributed by atoms with Crippen molar-refractivity contribution in [3.8, 4) is 0 Å². The van der Waals surface area contributed by atoms with Crippen LogP contribution in [0.1, 0.15) is 6.42 Å². The lowest BCUT2D eigenvalue weighted by molar-refractivity contribution is -0.117. The van der Waals surface area contributed by atoms with Crippen LogP contribution >= 0.6 is 11.6 Å². The van der Waals surface area contributed by atoms with Gasteiger partial charge < -0.3 is 11.1 Å². The van der Waals surface area contributed by atoms with E-state index in [0.717, 1.165) is 6.42 Å². The summed E-state index contributed by atoms with van der Waals surface area (Å²) in [5, 5.41) is 3.22. The summed E-state index contributed by atoms with van der Waals surface area (Å²) >= 11 is 5.65. The molecule has 4 nitrogen and oxygen atoms in total.